The van der Waals surface area contributed by atoms with Gasteiger partial charge in [0.2, 0.25) is 0 Å². The van der Waals surface area contributed by atoms with E-state index in [1.54, 1.807) is 0 Å². The minimum atomic E-state index is -1.14. The molecule has 0 spiro atoms. The number of carboxylic acids is 1. The molecule has 0 bridgehead atoms. The number of hydrogen-bond donors (Lipinski definition) is 2. The number of carboxylic acid groups (broad SMARTS) is 1. The molecule has 1 heterocycles. The Balaban J connectivity index is 2.16. The minimum Gasteiger partial charge on any atom is -0.478 e. The first kappa shape index (κ1) is 15.1. The van der Waals surface area contributed by atoms with E-state index < -0.39 is 12.1 Å². The van der Waals surface area contributed by atoms with Crippen molar-refractivity contribution in [1.82, 2.24) is 0 Å². The third-order valence-corrected chi connectivity index (χ3v) is 3.61. The van der Waals surface area contributed by atoms with Crippen LogP contribution >= 0.6 is 23.2 Å². The third-order valence-electron chi connectivity index (χ3n) is 3.01. The lowest BCUT2D eigenvalue weighted by Crippen LogP contribution is -2.33. The Hall–Kier alpha value is -1.30. The second kappa shape index (κ2) is 6.43. The van der Waals surface area contributed by atoms with Gasteiger partial charge in [0.25, 0.3) is 5.91 Å². The van der Waals surface area contributed by atoms with Gasteiger partial charge in [-0.3, -0.25) is 4.79 Å². The molecule has 1 saturated heterocycles. The summed E-state index contributed by atoms with van der Waals surface area (Å²) in [5, 5.41) is 11.6. The van der Waals surface area contributed by atoms with E-state index in [2.05, 4.69) is 5.32 Å². The molecule has 108 valence electrons. The van der Waals surface area contributed by atoms with Gasteiger partial charge in [-0.05, 0) is 31.4 Å². The number of aromatic carboxylic acids is 1. The standard InChI is InChI=1S/C13H13Cl2NO4/c14-8-5-7(13(18)19)6-9(15)11(8)16-12(17)10-3-1-2-4-20-10/h5-6,10H,1-4H2,(H,16,17)(H,18,19). The van der Waals surface area contributed by atoms with Crippen molar-refractivity contribution in [1.29, 1.82) is 0 Å². The summed E-state index contributed by atoms with van der Waals surface area (Å²) in [7, 11) is 0. The number of hydrogen-bond acceptors (Lipinski definition) is 3. The van der Waals surface area contributed by atoms with Crippen molar-refractivity contribution in [3.63, 3.8) is 0 Å². The van der Waals surface area contributed by atoms with Crippen LogP contribution in [0.4, 0.5) is 5.69 Å². The zero-order valence-electron chi connectivity index (χ0n) is 10.5. The fourth-order valence-corrected chi connectivity index (χ4v) is 2.55. The van der Waals surface area contributed by atoms with E-state index in [0.29, 0.717) is 13.0 Å². The van der Waals surface area contributed by atoms with Crippen molar-refractivity contribution < 1.29 is 19.4 Å². The van der Waals surface area contributed by atoms with E-state index in [9.17, 15) is 9.59 Å². The Morgan fingerprint density at radius 1 is 1.25 bits per heavy atom. The summed E-state index contributed by atoms with van der Waals surface area (Å²) >= 11 is 11.9. The summed E-state index contributed by atoms with van der Waals surface area (Å²) in [5.41, 5.74) is 0.171. The van der Waals surface area contributed by atoms with Crippen LogP contribution in [0.1, 0.15) is 29.6 Å². The van der Waals surface area contributed by atoms with Crippen LogP contribution in [-0.4, -0.2) is 29.7 Å². The van der Waals surface area contributed by atoms with E-state index in [1.807, 2.05) is 0 Å². The molecule has 1 atom stereocenters. The van der Waals surface area contributed by atoms with E-state index in [4.69, 9.17) is 33.0 Å². The maximum absolute atomic E-state index is 12.0. The molecule has 5 nitrogen and oxygen atoms in total. The number of anilines is 1. The molecular formula is C13H13Cl2NO4. The summed E-state index contributed by atoms with van der Waals surface area (Å²) < 4.78 is 5.36. The highest BCUT2D eigenvalue weighted by Crippen LogP contribution is 2.32. The molecule has 0 saturated carbocycles. The van der Waals surface area contributed by atoms with Crippen LogP contribution in [0, 0.1) is 0 Å². The Labute approximate surface area is 125 Å². The molecule has 2 rings (SSSR count). The average Bonchev–Trinajstić information content (AvgIpc) is 2.43. The first-order valence-corrected chi connectivity index (χ1v) is 6.89. The molecule has 0 aliphatic carbocycles. The SMILES string of the molecule is O=C(O)c1cc(Cl)c(NC(=O)C2CCCCO2)c(Cl)c1. The fourth-order valence-electron chi connectivity index (χ4n) is 1.97. The van der Waals surface area contributed by atoms with Crippen LogP contribution in [0.5, 0.6) is 0 Å². The Morgan fingerprint density at radius 2 is 1.90 bits per heavy atom. The van der Waals surface area contributed by atoms with Crippen LogP contribution in [0.15, 0.2) is 12.1 Å². The van der Waals surface area contributed by atoms with Crippen LogP contribution in [0.3, 0.4) is 0 Å². The lowest BCUT2D eigenvalue weighted by Gasteiger charge is -2.22. The first-order valence-electron chi connectivity index (χ1n) is 6.14. The Bertz CT molecular complexity index is 518. The maximum atomic E-state index is 12.0. The topological polar surface area (TPSA) is 75.6 Å². The lowest BCUT2D eigenvalue weighted by molar-refractivity contribution is -0.129. The van der Waals surface area contributed by atoms with E-state index in [1.165, 1.54) is 12.1 Å². The second-order valence-corrected chi connectivity index (χ2v) is 5.28. The molecule has 1 fully saturated rings. The van der Waals surface area contributed by atoms with Gasteiger partial charge in [0.1, 0.15) is 6.10 Å². The highest BCUT2D eigenvalue weighted by atomic mass is 35.5. The van der Waals surface area contributed by atoms with Crippen LogP contribution in [0.2, 0.25) is 10.0 Å². The van der Waals surface area contributed by atoms with Gasteiger partial charge in [0.15, 0.2) is 0 Å². The molecule has 7 heteroatoms. The molecule has 1 unspecified atom stereocenters. The predicted molar refractivity (Wildman–Crippen MR) is 75.6 cm³/mol. The zero-order valence-corrected chi connectivity index (χ0v) is 12.0. The zero-order chi connectivity index (χ0) is 14.7. The van der Waals surface area contributed by atoms with Crippen LogP contribution in [-0.2, 0) is 9.53 Å². The van der Waals surface area contributed by atoms with Crippen molar-refractivity contribution in [2.45, 2.75) is 25.4 Å². The molecule has 2 N–H and O–H groups in total. The minimum absolute atomic E-state index is 0.0353. The molecule has 1 aromatic rings. The number of carbonyl (C=O) groups excluding carboxylic acids is 1. The second-order valence-electron chi connectivity index (χ2n) is 4.46. The number of halogens is 2. The fraction of sp³-hybridized carbons (Fsp3) is 0.385. The summed E-state index contributed by atoms with van der Waals surface area (Å²) in [6.45, 7) is 0.553. The molecule has 0 aromatic heterocycles. The predicted octanol–water partition coefficient (Wildman–Crippen LogP) is 3.20. The van der Waals surface area contributed by atoms with Gasteiger partial charge in [0.05, 0.1) is 21.3 Å². The van der Waals surface area contributed by atoms with Crippen molar-refractivity contribution in [2.24, 2.45) is 0 Å². The molecule has 20 heavy (non-hydrogen) atoms. The molecule has 1 aromatic carbocycles. The molecule has 1 aliphatic rings. The van der Waals surface area contributed by atoms with Gasteiger partial charge in [-0.2, -0.15) is 0 Å². The van der Waals surface area contributed by atoms with Gasteiger partial charge >= 0.3 is 5.97 Å². The normalized spacial score (nSPS) is 18.6. The van der Waals surface area contributed by atoms with Gasteiger partial charge in [0, 0.05) is 6.61 Å². The van der Waals surface area contributed by atoms with Crippen molar-refractivity contribution in [2.75, 3.05) is 11.9 Å². The average molecular weight is 318 g/mol. The van der Waals surface area contributed by atoms with E-state index in [0.717, 1.165) is 12.8 Å². The van der Waals surface area contributed by atoms with Gasteiger partial charge in [-0.1, -0.05) is 23.2 Å². The maximum Gasteiger partial charge on any atom is 0.335 e. The van der Waals surface area contributed by atoms with Gasteiger partial charge in [-0.15, -0.1) is 0 Å². The molecule has 0 radical (unpaired) electrons. The first-order chi connectivity index (χ1) is 9.49. The largest absolute Gasteiger partial charge is 0.478 e. The highest BCUT2D eigenvalue weighted by molar-refractivity contribution is 6.40. The number of rotatable bonds is 3. The summed E-state index contributed by atoms with van der Waals surface area (Å²) in [6, 6.07) is 2.49. The number of benzene rings is 1. The number of nitrogens with one attached hydrogen (secondary N) is 1. The lowest BCUT2D eigenvalue weighted by atomic mass is 10.1. The highest BCUT2D eigenvalue weighted by Gasteiger charge is 2.23. The van der Waals surface area contributed by atoms with Gasteiger partial charge < -0.3 is 15.2 Å². The van der Waals surface area contributed by atoms with E-state index >= 15 is 0 Å². The summed E-state index contributed by atoms with van der Waals surface area (Å²) in [4.78, 5) is 22.9. The van der Waals surface area contributed by atoms with Crippen molar-refractivity contribution >= 4 is 40.8 Å². The number of ether oxygens (including phenoxy) is 1. The van der Waals surface area contributed by atoms with Crippen LogP contribution in [0.25, 0.3) is 0 Å². The molecule has 1 amide bonds. The summed E-state index contributed by atoms with van der Waals surface area (Å²) in [5.74, 6) is -1.46. The monoisotopic (exact) mass is 317 g/mol. The number of amides is 1. The van der Waals surface area contributed by atoms with Crippen molar-refractivity contribution in [3.05, 3.63) is 27.7 Å². The van der Waals surface area contributed by atoms with Gasteiger partial charge in [-0.25, -0.2) is 4.79 Å². The van der Waals surface area contributed by atoms with Crippen LogP contribution < -0.4 is 5.32 Å². The Kier molecular flexibility index (Phi) is 4.86. The number of carbonyl (C=O) groups is 2. The third kappa shape index (κ3) is 3.42. The quantitative estimate of drug-likeness (QED) is 0.897. The smallest absolute Gasteiger partial charge is 0.335 e. The molecular weight excluding hydrogens is 305 g/mol. The van der Waals surface area contributed by atoms with Crippen molar-refractivity contribution in [3.8, 4) is 0 Å². The molecule has 1 aliphatic heterocycles. The summed E-state index contributed by atoms with van der Waals surface area (Å²) in [6.07, 6.45) is 2.00. The Morgan fingerprint density at radius 3 is 2.40 bits per heavy atom. The van der Waals surface area contributed by atoms with E-state index in [-0.39, 0.29) is 27.2 Å².